The van der Waals surface area contributed by atoms with Crippen LogP contribution in [-0.4, -0.2) is 32.6 Å². The van der Waals surface area contributed by atoms with Gasteiger partial charge in [-0.25, -0.2) is 4.79 Å². The molecule has 206 valence electrons. The van der Waals surface area contributed by atoms with Gasteiger partial charge >= 0.3 is 6.03 Å². The highest BCUT2D eigenvalue weighted by Crippen LogP contribution is 2.35. The lowest BCUT2D eigenvalue weighted by Crippen LogP contribution is -2.36. The van der Waals surface area contributed by atoms with E-state index in [1.54, 1.807) is 6.07 Å². The minimum atomic E-state index is -0.608. The van der Waals surface area contributed by atoms with Crippen molar-refractivity contribution < 1.29 is 9.59 Å². The number of halogens is 1. The number of nitrogens with zero attached hydrogens (tertiary/aromatic N) is 4. The maximum Gasteiger partial charge on any atom is 0.319 e. The average molecular weight is 558 g/mol. The van der Waals surface area contributed by atoms with E-state index >= 15 is 0 Å². The van der Waals surface area contributed by atoms with Crippen LogP contribution < -0.4 is 16.0 Å². The minimum Gasteiger partial charge on any atom is -0.351 e. The van der Waals surface area contributed by atoms with Crippen LogP contribution >= 0.6 is 11.6 Å². The molecule has 0 spiro atoms. The molecular formula is C30H32ClN7O2. The summed E-state index contributed by atoms with van der Waals surface area (Å²) >= 11 is 6.13. The molecule has 10 heteroatoms. The van der Waals surface area contributed by atoms with Gasteiger partial charge in [0.1, 0.15) is 0 Å². The molecule has 0 saturated heterocycles. The van der Waals surface area contributed by atoms with E-state index in [9.17, 15) is 9.59 Å². The van der Waals surface area contributed by atoms with E-state index in [1.165, 1.54) is 42.6 Å². The molecule has 1 saturated carbocycles. The van der Waals surface area contributed by atoms with Gasteiger partial charge in [0.15, 0.2) is 0 Å². The molecule has 3 aromatic carbocycles. The van der Waals surface area contributed by atoms with Crippen molar-refractivity contribution in [3.63, 3.8) is 0 Å². The second kappa shape index (κ2) is 12.3. The van der Waals surface area contributed by atoms with Gasteiger partial charge in [-0.3, -0.25) is 15.0 Å². The Bertz CT molecular complexity index is 1450. The van der Waals surface area contributed by atoms with E-state index in [4.69, 9.17) is 17.3 Å². The Morgan fingerprint density at radius 2 is 1.77 bits per heavy atom. The molecule has 1 aliphatic rings. The number of nitrogens with two attached hydrogens (primary N) is 1. The SMILES string of the molecule is CC(c1ccc(Cl)cc1)c1cccc(C(=O)Nc2nn[nH]n2)c1CN(C(N)=O)c1ccc(C2CCCCC2)cc1. The smallest absolute Gasteiger partial charge is 0.319 e. The first-order valence-corrected chi connectivity index (χ1v) is 13.9. The number of carbonyl (C=O) groups is 2. The summed E-state index contributed by atoms with van der Waals surface area (Å²) < 4.78 is 0. The predicted molar refractivity (Wildman–Crippen MR) is 156 cm³/mol. The molecule has 40 heavy (non-hydrogen) atoms. The number of carbonyl (C=O) groups excluding carboxylic acids is 2. The fourth-order valence-electron chi connectivity index (χ4n) is 5.53. The number of rotatable bonds is 8. The number of aromatic amines is 1. The number of aromatic nitrogens is 4. The van der Waals surface area contributed by atoms with Crippen LogP contribution in [0.1, 0.15) is 83.5 Å². The van der Waals surface area contributed by atoms with Crippen molar-refractivity contribution in [3.8, 4) is 0 Å². The van der Waals surface area contributed by atoms with Crippen molar-refractivity contribution in [1.82, 2.24) is 20.6 Å². The standard InChI is InChI=1S/C30H32ClN7O2/c1-19(20-10-14-23(31)15-11-20)25-8-5-9-26(28(39)33-30-34-36-37-35-30)27(25)18-38(29(32)40)24-16-12-22(13-17-24)21-6-3-2-4-7-21/h5,8-17,19,21H,2-4,6-7,18H2,1H3,(H2,32,40)(H2,33,34,35,36,37,39). The lowest BCUT2D eigenvalue weighted by atomic mass is 9.84. The van der Waals surface area contributed by atoms with E-state index in [-0.39, 0.29) is 18.4 Å². The van der Waals surface area contributed by atoms with Crippen LogP contribution in [0.4, 0.5) is 16.4 Å². The van der Waals surface area contributed by atoms with Crippen molar-refractivity contribution in [2.45, 2.75) is 57.4 Å². The molecule has 1 atom stereocenters. The van der Waals surface area contributed by atoms with E-state index in [2.05, 4.69) is 45.0 Å². The van der Waals surface area contributed by atoms with Gasteiger partial charge in [0, 0.05) is 22.2 Å². The molecule has 3 amide bonds. The maximum absolute atomic E-state index is 13.4. The summed E-state index contributed by atoms with van der Waals surface area (Å²) in [5.41, 5.74) is 10.8. The lowest BCUT2D eigenvalue weighted by Gasteiger charge is -2.27. The number of urea groups is 1. The predicted octanol–water partition coefficient (Wildman–Crippen LogP) is 6.39. The van der Waals surface area contributed by atoms with Crippen LogP contribution in [0.5, 0.6) is 0 Å². The third-order valence-electron chi connectivity index (χ3n) is 7.73. The van der Waals surface area contributed by atoms with Gasteiger partial charge in [-0.05, 0) is 76.6 Å². The molecule has 4 N–H and O–H groups in total. The van der Waals surface area contributed by atoms with Crippen LogP contribution in [0.2, 0.25) is 5.02 Å². The first-order chi connectivity index (χ1) is 19.4. The quantitative estimate of drug-likeness (QED) is 0.231. The molecule has 1 heterocycles. The average Bonchev–Trinajstić information content (AvgIpc) is 3.49. The van der Waals surface area contributed by atoms with Crippen LogP contribution in [-0.2, 0) is 6.54 Å². The minimum absolute atomic E-state index is 0.0529. The highest BCUT2D eigenvalue weighted by Gasteiger charge is 2.25. The van der Waals surface area contributed by atoms with Crippen LogP contribution in [0.25, 0.3) is 0 Å². The number of H-pyrrole nitrogens is 1. The van der Waals surface area contributed by atoms with Gasteiger partial charge in [-0.2, -0.15) is 5.21 Å². The highest BCUT2D eigenvalue weighted by molar-refractivity contribution is 6.30. The zero-order chi connectivity index (χ0) is 28.1. The van der Waals surface area contributed by atoms with E-state index in [1.807, 2.05) is 48.5 Å². The second-order valence-corrected chi connectivity index (χ2v) is 10.6. The Labute approximate surface area is 238 Å². The molecule has 1 aromatic heterocycles. The summed E-state index contributed by atoms with van der Waals surface area (Å²) in [6.45, 7) is 2.15. The van der Waals surface area contributed by atoms with E-state index < -0.39 is 11.9 Å². The molecule has 9 nitrogen and oxygen atoms in total. The van der Waals surface area contributed by atoms with Gasteiger partial charge in [-0.15, -0.1) is 5.10 Å². The molecule has 1 unspecified atom stereocenters. The second-order valence-electron chi connectivity index (χ2n) is 10.2. The molecule has 0 bridgehead atoms. The zero-order valence-electron chi connectivity index (χ0n) is 22.3. The number of hydrogen-bond acceptors (Lipinski definition) is 5. The maximum atomic E-state index is 13.4. The van der Waals surface area contributed by atoms with Gasteiger partial charge in [-0.1, -0.05) is 79.3 Å². The Kier molecular flexibility index (Phi) is 8.40. The first-order valence-electron chi connectivity index (χ1n) is 13.5. The van der Waals surface area contributed by atoms with Crippen molar-refractivity contribution in [2.75, 3.05) is 10.2 Å². The van der Waals surface area contributed by atoms with Crippen molar-refractivity contribution in [3.05, 3.63) is 99.6 Å². The number of hydrogen-bond donors (Lipinski definition) is 3. The monoisotopic (exact) mass is 557 g/mol. The Hall–Kier alpha value is -4.24. The first kappa shape index (κ1) is 27.3. The topological polar surface area (TPSA) is 130 Å². The summed E-state index contributed by atoms with van der Waals surface area (Å²) in [6, 6.07) is 20.6. The Morgan fingerprint density at radius 3 is 2.42 bits per heavy atom. The molecule has 0 radical (unpaired) electrons. The normalized spacial score (nSPS) is 14.4. The third-order valence-corrected chi connectivity index (χ3v) is 7.98. The summed E-state index contributed by atoms with van der Waals surface area (Å²) in [6.07, 6.45) is 6.16. The van der Waals surface area contributed by atoms with Crippen LogP contribution in [0, 0.1) is 0 Å². The fourth-order valence-corrected chi connectivity index (χ4v) is 5.66. The van der Waals surface area contributed by atoms with Crippen LogP contribution in [0.3, 0.4) is 0 Å². The highest BCUT2D eigenvalue weighted by atomic mass is 35.5. The molecule has 1 aliphatic carbocycles. The molecule has 1 fully saturated rings. The van der Waals surface area contributed by atoms with E-state index in [0.29, 0.717) is 27.8 Å². The summed E-state index contributed by atoms with van der Waals surface area (Å²) in [4.78, 5) is 27.7. The molecule has 0 aliphatic heterocycles. The lowest BCUT2D eigenvalue weighted by molar-refractivity contribution is 0.102. The van der Waals surface area contributed by atoms with Crippen molar-refractivity contribution in [1.29, 1.82) is 0 Å². The van der Waals surface area contributed by atoms with Crippen LogP contribution in [0.15, 0.2) is 66.7 Å². The van der Waals surface area contributed by atoms with E-state index in [0.717, 1.165) is 11.1 Å². The largest absolute Gasteiger partial charge is 0.351 e. The number of amides is 3. The zero-order valence-corrected chi connectivity index (χ0v) is 23.1. The summed E-state index contributed by atoms with van der Waals surface area (Å²) in [5.74, 6) is 0.0793. The van der Waals surface area contributed by atoms with Gasteiger partial charge in [0.05, 0.1) is 6.54 Å². The van der Waals surface area contributed by atoms with Gasteiger partial charge < -0.3 is 5.73 Å². The number of tetrazole rings is 1. The number of anilines is 2. The van der Waals surface area contributed by atoms with Gasteiger partial charge in [0.25, 0.3) is 11.9 Å². The van der Waals surface area contributed by atoms with Gasteiger partial charge in [0.2, 0.25) is 0 Å². The van der Waals surface area contributed by atoms with Crippen molar-refractivity contribution in [2.24, 2.45) is 5.73 Å². The summed E-state index contributed by atoms with van der Waals surface area (Å²) in [5, 5.41) is 16.8. The number of benzene rings is 3. The Morgan fingerprint density at radius 1 is 1.05 bits per heavy atom. The molecule has 5 rings (SSSR count). The van der Waals surface area contributed by atoms with Crippen molar-refractivity contribution >= 4 is 35.2 Å². The molecular weight excluding hydrogens is 526 g/mol. The number of primary amides is 1. The molecule has 4 aromatic rings. The summed E-state index contributed by atoms with van der Waals surface area (Å²) in [7, 11) is 0. The fraction of sp³-hybridized carbons (Fsp3) is 0.300. The third kappa shape index (κ3) is 6.15. The Balaban J connectivity index is 1.51. The number of nitrogens with one attached hydrogen (secondary N) is 2.